The number of aliphatic hydroxyl groups is 1. The Bertz CT molecular complexity index is 658. The van der Waals surface area contributed by atoms with Crippen LogP contribution in [0.3, 0.4) is 0 Å². The number of ether oxygens (including phenoxy) is 1. The maximum absolute atomic E-state index is 13.5. The molecule has 1 N–H and O–H groups in total. The molecule has 2 rings (SSSR count). The smallest absolute Gasteiger partial charge is 0.164 e. The van der Waals surface area contributed by atoms with Gasteiger partial charge in [0.1, 0.15) is 31.1 Å². The molecule has 0 radical (unpaired) electrons. The van der Waals surface area contributed by atoms with E-state index in [0.717, 1.165) is 13.0 Å². The lowest BCUT2D eigenvalue weighted by atomic mass is 10.2. The predicted octanol–water partition coefficient (Wildman–Crippen LogP) is 1.75. The van der Waals surface area contributed by atoms with Crippen LogP contribution in [-0.2, 0) is 13.2 Å². The standard InChI is InChI=1S/C15H16FN3O2/c1-2-5-19-15(17-11-18-19)10-21-14-8-12(4-3-6-20)7-13(16)9-14/h7-9,11,20H,2,5-6,10H2,1H3. The molecule has 2 aromatic rings. The Morgan fingerprint density at radius 2 is 2.24 bits per heavy atom. The molecule has 21 heavy (non-hydrogen) atoms. The van der Waals surface area contributed by atoms with E-state index < -0.39 is 5.82 Å². The van der Waals surface area contributed by atoms with Gasteiger partial charge < -0.3 is 9.84 Å². The highest BCUT2D eigenvalue weighted by atomic mass is 19.1. The molecule has 0 atom stereocenters. The van der Waals surface area contributed by atoms with Gasteiger partial charge in [-0.05, 0) is 18.6 Å². The monoisotopic (exact) mass is 289 g/mol. The van der Waals surface area contributed by atoms with E-state index in [2.05, 4.69) is 21.9 Å². The van der Waals surface area contributed by atoms with Gasteiger partial charge in [-0.25, -0.2) is 14.1 Å². The van der Waals surface area contributed by atoms with Gasteiger partial charge in [-0.3, -0.25) is 0 Å². The van der Waals surface area contributed by atoms with Crippen LogP contribution >= 0.6 is 0 Å². The number of aromatic nitrogens is 3. The molecule has 0 fully saturated rings. The maximum atomic E-state index is 13.5. The zero-order valence-electron chi connectivity index (χ0n) is 11.7. The number of aryl methyl sites for hydroxylation is 1. The molecular weight excluding hydrogens is 273 g/mol. The van der Waals surface area contributed by atoms with E-state index in [1.54, 1.807) is 10.7 Å². The number of aliphatic hydroxyl groups excluding tert-OH is 1. The van der Waals surface area contributed by atoms with Crippen molar-refractivity contribution in [3.63, 3.8) is 0 Å². The SMILES string of the molecule is CCCn1ncnc1COc1cc(F)cc(C#CCO)c1. The highest BCUT2D eigenvalue weighted by molar-refractivity contribution is 5.40. The van der Waals surface area contributed by atoms with Crippen molar-refractivity contribution in [1.82, 2.24) is 14.8 Å². The third kappa shape index (κ3) is 4.29. The molecule has 110 valence electrons. The van der Waals surface area contributed by atoms with Crippen molar-refractivity contribution in [2.75, 3.05) is 6.61 Å². The molecule has 0 amide bonds. The minimum atomic E-state index is -0.440. The highest BCUT2D eigenvalue weighted by Gasteiger charge is 2.06. The van der Waals surface area contributed by atoms with Gasteiger partial charge >= 0.3 is 0 Å². The van der Waals surface area contributed by atoms with Crippen LogP contribution < -0.4 is 4.74 Å². The fourth-order valence-electron chi connectivity index (χ4n) is 1.81. The normalized spacial score (nSPS) is 10.0. The zero-order valence-corrected chi connectivity index (χ0v) is 11.7. The first-order valence-corrected chi connectivity index (χ1v) is 6.62. The molecule has 6 heteroatoms. The molecule has 0 aliphatic rings. The molecule has 0 aliphatic heterocycles. The molecule has 0 aliphatic carbocycles. The molecule has 1 aromatic carbocycles. The second kappa shape index (κ2) is 7.41. The summed E-state index contributed by atoms with van der Waals surface area (Å²) in [5.74, 6) is 5.73. The van der Waals surface area contributed by atoms with E-state index >= 15 is 0 Å². The number of hydrogen-bond donors (Lipinski definition) is 1. The fraction of sp³-hybridized carbons (Fsp3) is 0.333. The minimum Gasteiger partial charge on any atom is -0.485 e. The lowest BCUT2D eigenvalue weighted by Crippen LogP contribution is -2.08. The van der Waals surface area contributed by atoms with Gasteiger partial charge in [0.15, 0.2) is 5.82 Å². The number of nitrogens with zero attached hydrogens (tertiary/aromatic N) is 3. The van der Waals surface area contributed by atoms with Crippen LogP contribution in [0, 0.1) is 17.7 Å². The minimum absolute atomic E-state index is 0.205. The summed E-state index contributed by atoms with van der Waals surface area (Å²) in [4.78, 5) is 4.12. The van der Waals surface area contributed by atoms with Crippen LogP contribution in [0.2, 0.25) is 0 Å². The van der Waals surface area contributed by atoms with Crippen LogP contribution in [0.4, 0.5) is 4.39 Å². The fourth-order valence-corrected chi connectivity index (χ4v) is 1.81. The van der Waals surface area contributed by atoms with E-state index in [1.807, 2.05) is 6.92 Å². The topological polar surface area (TPSA) is 60.2 Å². The van der Waals surface area contributed by atoms with E-state index in [4.69, 9.17) is 9.84 Å². The Labute approximate surface area is 122 Å². The second-order valence-electron chi connectivity index (χ2n) is 4.32. The van der Waals surface area contributed by atoms with E-state index in [-0.39, 0.29) is 13.2 Å². The van der Waals surface area contributed by atoms with Crippen molar-refractivity contribution in [3.05, 3.63) is 41.7 Å². The Morgan fingerprint density at radius 3 is 3.00 bits per heavy atom. The first kappa shape index (κ1) is 15.0. The first-order valence-electron chi connectivity index (χ1n) is 6.62. The van der Waals surface area contributed by atoms with E-state index in [0.29, 0.717) is 17.1 Å². The number of benzene rings is 1. The Morgan fingerprint density at radius 1 is 1.38 bits per heavy atom. The van der Waals surface area contributed by atoms with Crippen molar-refractivity contribution in [3.8, 4) is 17.6 Å². The summed E-state index contributed by atoms with van der Waals surface area (Å²) in [6.07, 6.45) is 2.41. The first-order chi connectivity index (χ1) is 10.2. The number of halogens is 1. The van der Waals surface area contributed by atoms with Crippen LogP contribution in [0.1, 0.15) is 24.7 Å². The Kier molecular flexibility index (Phi) is 5.29. The summed E-state index contributed by atoms with van der Waals surface area (Å²) in [5.41, 5.74) is 0.453. The Hall–Kier alpha value is -2.39. The Balaban J connectivity index is 2.09. The third-order valence-electron chi connectivity index (χ3n) is 2.68. The summed E-state index contributed by atoms with van der Waals surface area (Å²) in [7, 11) is 0. The van der Waals surface area contributed by atoms with Gasteiger partial charge in [-0.2, -0.15) is 5.10 Å². The average Bonchev–Trinajstić information content (AvgIpc) is 2.90. The van der Waals surface area contributed by atoms with Crippen LogP contribution in [0.25, 0.3) is 0 Å². The van der Waals surface area contributed by atoms with Gasteiger partial charge in [0.05, 0.1) is 0 Å². The molecular formula is C15H16FN3O2. The molecule has 1 aromatic heterocycles. The summed E-state index contributed by atoms with van der Waals surface area (Å²) < 4.78 is 20.8. The number of rotatable bonds is 5. The molecule has 0 saturated heterocycles. The average molecular weight is 289 g/mol. The molecule has 0 unspecified atom stereocenters. The molecule has 0 bridgehead atoms. The lowest BCUT2D eigenvalue weighted by Gasteiger charge is -2.08. The molecule has 0 spiro atoms. The number of hydrogen-bond acceptors (Lipinski definition) is 4. The van der Waals surface area contributed by atoms with Crippen LogP contribution in [0.15, 0.2) is 24.5 Å². The lowest BCUT2D eigenvalue weighted by molar-refractivity contribution is 0.284. The largest absolute Gasteiger partial charge is 0.485 e. The van der Waals surface area contributed by atoms with Crippen molar-refractivity contribution >= 4 is 0 Å². The predicted molar refractivity (Wildman–Crippen MR) is 75.0 cm³/mol. The van der Waals surface area contributed by atoms with Gasteiger partial charge in [0.25, 0.3) is 0 Å². The molecule has 5 nitrogen and oxygen atoms in total. The van der Waals surface area contributed by atoms with Gasteiger partial charge in [-0.1, -0.05) is 18.8 Å². The second-order valence-corrected chi connectivity index (χ2v) is 4.32. The van der Waals surface area contributed by atoms with Crippen LogP contribution in [0.5, 0.6) is 5.75 Å². The van der Waals surface area contributed by atoms with Gasteiger partial charge in [0.2, 0.25) is 0 Å². The van der Waals surface area contributed by atoms with Gasteiger partial charge in [0, 0.05) is 18.2 Å². The summed E-state index contributed by atoms with van der Waals surface area (Å²) in [6, 6.07) is 4.19. The van der Waals surface area contributed by atoms with Gasteiger partial charge in [-0.15, -0.1) is 0 Å². The van der Waals surface area contributed by atoms with E-state index in [9.17, 15) is 4.39 Å². The highest BCUT2D eigenvalue weighted by Crippen LogP contribution is 2.17. The van der Waals surface area contributed by atoms with E-state index in [1.165, 1.54) is 18.5 Å². The van der Waals surface area contributed by atoms with Crippen molar-refractivity contribution < 1.29 is 14.2 Å². The molecule has 0 saturated carbocycles. The summed E-state index contributed by atoms with van der Waals surface area (Å²) >= 11 is 0. The summed E-state index contributed by atoms with van der Waals surface area (Å²) in [6.45, 7) is 2.74. The quantitative estimate of drug-likeness (QED) is 0.852. The zero-order chi connectivity index (χ0) is 15.1. The maximum Gasteiger partial charge on any atom is 0.164 e. The third-order valence-corrected chi connectivity index (χ3v) is 2.68. The van der Waals surface area contributed by atoms with Crippen LogP contribution in [-0.4, -0.2) is 26.5 Å². The van der Waals surface area contributed by atoms with Crippen molar-refractivity contribution in [2.24, 2.45) is 0 Å². The molecule has 1 heterocycles. The van der Waals surface area contributed by atoms with Crippen molar-refractivity contribution in [2.45, 2.75) is 26.5 Å². The van der Waals surface area contributed by atoms with Crippen molar-refractivity contribution in [1.29, 1.82) is 0 Å². The summed E-state index contributed by atoms with van der Waals surface area (Å²) in [5, 5.41) is 12.8.